The molecule has 0 aliphatic rings. The standard InChI is InChI=1S/C19H21NO4/c1-4-11-23-17-9-5-7-15(12-17)20-19(21)14(2)24-18-10-6-8-16(13-18)22-3/h4-10,12-14H,1,11H2,2-3H3,(H,20,21)/t14-/m1/s1. The van der Waals surface area contributed by atoms with E-state index < -0.39 is 6.10 Å². The topological polar surface area (TPSA) is 56.8 Å². The molecule has 1 atom stereocenters. The van der Waals surface area contributed by atoms with Crippen LogP contribution < -0.4 is 19.5 Å². The van der Waals surface area contributed by atoms with Crippen molar-refractivity contribution in [3.05, 3.63) is 61.2 Å². The SMILES string of the molecule is C=CCOc1cccc(NC(=O)[C@@H](C)Oc2cccc(OC)c2)c1. The van der Waals surface area contributed by atoms with Crippen molar-refractivity contribution in [2.24, 2.45) is 0 Å². The van der Waals surface area contributed by atoms with Gasteiger partial charge in [-0.2, -0.15) is 0 Å². The second-order valence-electron chi connectivity index (χ2n) is 5.06. The highest BCUT2D eigenvalue weighted by Gasteiger charge is 2.15. The third-order valence-corrected chi connectivity index (χ3v) is 3.19. The number of carbonyl (C=O) groups is 1. The van der Waals surface area contributed by atoms with Crippen LogP contribution in [0.4, 0.5) is 5.69 Å². The minimum atomic E-state index is -0.658. The van der Waals surface area contributed by atoms with Crippen LogP contribution >= 0.6 is 0 Å². The Morgan fingerprint density at radius 1 is 1.17 bits per heavy atom. The number of anilines is 1. The van der Waals surface area contributed by atoms with Crippen LogP contribution in [0.15, 0.2) is 61.2 Å². The summed E-state index contributed by atoms with van der Waals surface area (Å²) >= 11 is 0. The molecule has 0 aliphatic heterocycles. The van der Waals surface area contributed by atoms with Crippen molar-refractivity contribution in [1.29, 1.82) is 0 Å². The first kappa shape index (κ1) is 17.4. The van der Waals surface area contributed by atoms with E-state index in [4.69, 9.17) is 14.2 Å². The number of hydrogen-bond acceptors (Lipinski definition) is 4. The lowest BCUT2D eigenvalue weighted by molar-refractivity contribution is -0.122. The molecule has 5 nitrogen and oxygen atoms in total. The van der Waals surface area contributed by atoms with E-state index in [1.807, 2.05) is 18.2 Å². The predicted octanol–water partition coefficient (Wildman–Crippen LogP) is 3.67. The van der Waals surface area contributed by atoms with Gasteiger partial charge in [-0.15, -0.1) is 0 Å². The largest absolute Gasteiger partial charge is 0.497 e. The maximum Gasteiger partial charge on any atom is 0.265 e. The summed E-state index contributed by atoms with van der Waals surface area (Å²) in [5.74, 6) is 1.65. The zero-order valence-electron chi connectivity index (χ0n) is 13.8. The van der Waals surface area contributed by atoms with E-state index in [9.17, 15) is 4.79 Å². The van der Waals surface area contributed by atoms with Crippen molar-refractivity contribution in [3.8, 4) is 17.2 Å². The van der Waals surface area contributed by atoms with Crippen LogP contribution in [0.5, 0.6) is 17.2 Å². The maximum atomic E-state index is 12.3. The van der Waals surface area contributed by atoms with Crippen molar-refractivity contribution in [1.82, 2.24) is 0 Å². The molecule has 0 radical (unpaired) electrons. The summed E-state index contributed by atoms with van der Waals surface area (Å²) in [5, 5.41) is 2.81. The van der Waals surface area contributed by atoms with Crippen LogP contribution in [0.1, 0.15) is 6.92 Å². The summed E-state index contributed by atoms with van der Waals surface area (Å²) in [4.78, 5) is 12.3. The Morgan fingerprint density at radius 3 is 2.62 bits per heavy atom. The van der Waals surface area contributed by atoms with Crippen molar-refractivity contribution in [2.75, 3.05) is 19.0 Å². The predicted molar refractivity (Wildman–Crippen MR) is 93.8 cm³/mol. The summed E-state index contributed by atoms with van der Waals surface area (Å²) in [6, 6.07) is 14.3. The number of amides is 1. The molecule has 0 aliphatic carbocycles. The van der Waals surface area contributed by atoms with E-state index in [0.717, 1.165) is 0 Å². The number of carbonyl (C=O) groups excluding carboxylic acids is 1. The zero-order chi connectivity index (χ0) is 17.4. The van der Waals surface area contributed by atoms with Gasteiger partial charge in [0.25, 0.3) is 5.91 Å². The van der Waals surface area contributed by atoms with Crippen LogP contribution in [-0.2, 0) is 4.79 Å². The molecule has 0 fully saturated rings. The van der Waals surface area contributed by atoms with E-state index in [0.29, 0.717) is 29.5 Å². The van der Waals surface area contributed by atoms with Gasteiger partial charge in [0.05, 0.1) is 7.11 Å². The van der Waals surface area contributed by atoms with Crippen LogP contribution in [0, 0.1) is 0 Å². The minimum Gasteiger partial charge on any atom is -0.497 e. The molecule has 2 aromatic carbocycles. The molecule has 24 heavy (non-hydrogen) atoms. The van der Waals surface area contributed by atoms with Gasteiger partial charge in [-0.1, -0.05) is 24.8 Å². The fraction of sp³-hybridized carbons (Fsp3) is 0.211. The molecule has 1 amide bonds. The van der Waals surface area contributed by atoms with Gasteiger partial charge in [0.1, 0.15) is 23.9 Å². The summed E-state index contributed by atoms with van der Waals surface area (Å²) in [5.41, 5.74) is 0.641. The van der Waals surface area contributed by atoms with Gasteiger partial charge in [-0.25, -0.2) is 0 Å². The third-order valence-electron chi connectivity index (χ3n) is 3.19. The molecule has 0 saturated carbocycles. The molecular weight excluding hydrogens is 306 g/mol. The highest BCUT2D eigenvalue weighted by molar-refractivity contribution is 5.94. The average Bonchev–Trinajstić information content (AvgIpc) is 2.60. The number of hydrogen-bond donors (Lipinski definition) is 1. The Hall–Kier alpha value is -2.95. The molecule has 1 N–H and O–H groups in total. The summed E-state index contributed by atoms with van der Waals surface area (Å²) in [6.45, 7) is 5.70. The molecule has 5 heteroatoms. The van der Waals surface area contributed by atoms with E-state index in [1.165, 1.54) is 0 Å². The first-order valence-corrected chi connectivity index (χ1v) is 7.57. The average molecular weight is 327 g/mol. The number of ether oxygens (including phenoxy) is 3. The van der Waals surface area contributed by atoms with Gasteiger partial charge in [-0.05, 0) is 31.2 Å². The monoisotopic (exact) mass is 327 g/mol. The van der Waals surface area contributed by atoms with Gasteiger partial charge in [0, 0.05) is 17.8 Å². The first-order valence-electron chi connectivity index (χ1n) is 7.57. The number of benzene rings is 2. The quantitative estimate of drug-likeness (QED) is 0.752. The summed E-state index contributed by atoms with van der Waals surface area (Å²) in [6.07, 6.45) is 1.00. The molecule has 0 spiro atoms. The van der Waals surface area contributed by atoms with Crippen molar-refractivity contribution in [2.45, 2.75) is 13.0 Å². The fourth-order valence-electron chi connectivity index (χ4n) is 1.99. The van der Waals surface area contributed by atoms with E-state index in [2.05, 4.69) is 11.9 Å². The Labute approximate surface area is 141 Å². The molecule has 2 aromatic rings. The van der Waals surface area contributed by atoms with Gasteiger partial charge in [-0.3, -0.25) is 4.79 Å². The van der Waals surface area contributed by atoms with Crippen LogP contribution in [0.25, 0.3) is 0 Å². The molecule has 2 rings (SSSR count). The molecule has 0 unspecified atom stereocenters. The molecule has 0 bridgehead atoms. The summed E-state index contributed by atoms with van der Waals surface area (Å²) < 4.78 is 16.2. The lowest BCUT2D eigenvalue weighted by Gasteiger charge is -2.15. The second kappa shape index (κ2) is 8.62. The van der Waals surface area contributed by atoms with E-state index in [1.54, 1.807) is 50.4 Å². The van der Waals surface area contributed by atoms with Crippen LogP contribution in [0.2, 0.25) is 0 Å². The highest BCUT2D eigenvalue weighted by atomic mass is 16.5. The Kier molecular flexibility index (Phi) is 6.25. The van der Waals surface area contributed by atoms with Gasteiger partial charge >= 0.3 is 0 Å². The number of nitrogens with one attached hydrogen (secondary N) is 1. The lowest BCUT2D eigenvalue weighted by Crippen LogP contribution is -2.30. The Bertz CT molecular complexity index is 699. The molecule has 0 heterocycles. The number of rotatable bonds is 8. The smallest absolute Gasteiger partial charge is 0.265 e. The maximum absolute atomic E-state index is 12.3. The Balaban J connectivity index is 1.96. The molecule has 126 valence electrons. The normalized spacial score (nSPS) is 11.2. The van der Waals surface area contributed by atoms with Crippen LogP contribution in [-0.4, -0.2) is 25.7 Å². The van der Waals surface area contributed by atoms with Crippen LogP contribution in [0.3, 0.4) is 0 Å². The van der Waals surface area contributed by atoms with Gasteiger partial charge in [0.15, 0.2) is 6.10 Å². The second-order valence-corrected chi connectivity index (χ2v) is 5.06. The number of methoxy groups -OCH3 is 1. The van der Waals surface area contributed by atoms with E-state index >= 15 is 0 Å². The zero-order valence-corrected chi connectivity index (χ0v) is 13.8. The fourth-order valence-corrected chi connectivity index (χ4v) is 1.99. The third kappa shape index (κ3) is 5.05. The Morgan fingerprint density at radius 2 is 1.88 bits per heavy atom. The highest BCUT2D eigenvalue weighted by Crippen LogP contribution is 2.21. The van der Waals surface area contributed by atoms with Crippen molar-refractivity contribution >= 4 is 11.6 Å². The lowest BCUT2D eigenvalue weighted by atomic mass is 10.2. The first-order chi connectivity index (χ1) is 11.6. The molecule has 0 saturated heterocycles. The van der Waals surface area contributed by atoms with E-state index in [-0.39, 0.29) is 5.91 Å². The van der Waals surface area contributed by atoms with Gasteiger partial charge in [0.2, 0.25) is 0 Å². The molecular formula is C19H21NO4. The van der Waals surface area contributed by atoms with Gasteiger partial charge < -0.3 is 19.5 Å². The van der Waals surface area contributed by atoms with Crippen molar-refractivity contribution in [3.63, 3.8) is 0 Å². The summed E-state index contributed by atoms with van der Waals surface area (Å²) in [7, 11) is 1.58. The minimum absolute atomic E-state index is 0.251. The van der Waals surface area contributed by atoms with Crippen molar-refractivity contribution < 1.29 is 19.0 Å². The molecule has 0 aromatic heterocycles.